The highest BCUT2D eigenvalue weighted by atomic mass is 35.5. The van der Waals surface area contributed by atoms with Crippen molar-refractivity contribution in [3.8, 4) is 0 Å². The SMILES string of the molecule is CCOC(=N)CCSCc1nc[nH]c1C.Cl.Cl. The predicted octanol–water partition coefficient (Wildman–Crippen LogP) is 3.20. The molecule has 0 saturated heterocycles. The first-order chi connectivity index (χ1) is 7.24. The summed E-state index contributed by atoms with van der Waals surface area (Å²) in [5.41, 5.74) is 2.23. The number of rotatable bonds is 6. The van der Waals surface area contributed by atoms with Crippen LogP contribution in [0.4, 0.5) is 0 Å². The average molecular weight is 300 g/mol. The Kier molecular flexibility index (Phi) is 12.0. The molecule has 0 aliphatic heterocycles. The normalized spacial score (nSPS) is 9.06. The van der Waals surface area contributed by atoms with Crippen LogP contribution in [0.3, 0.4) is 0 Å². The number of aryl methyl sites for hydroxylation is 1. The van der Waals surface area contributed by atoms with Gasteiger partial charge in [-0.25, -0.2) is 4.98 Å². The van der Waals surface area contributed by atoms with Crippen LogP contribution in [0.1, 0.15) is 24.7 Å². The van der Waals surface area contributed by atoms with Gasteiger partial charge in [0.05, 0.1) is 18.6 Å². The highest BCUT2D eigenvalue weighted by molar-refractivity contribution is 7.98. The van der Waals surface area contributed by atoms with Crippen molar-refractivity contribution >= 4 is 42.5 Å². The van der Waals surface area contributed by atoms with E-state index >= 15 is 0 Å². The van der Waals surface area contributed by atoms with E-state index in [1.807, 2.05) is 13.8 Å². The zero-order chi connectivity index (χ0) is 11.1. The number of nitrogens with one attached hydrogen (secondary N) is 2. The van der Waals surface area contributed by atoms with E-state index in [4.69, 9.17) is 10.1 Å². The lowest BCUT2D eigenvalue weighted by Crippen LogP contribution is -2.03. The van der Waals surface area contributed by atoms with Crippen molar-refractivity contribution in [3.05, 3.63) is 17.7 Å². The third kappa shape index (κ3) is 7.52. The molecule has 1 aromatic rings. The number of thioether (sulfide) groups is 1. The van der Waals surface area contributed by atoms with Crippen LogP contribution in [0, 0.1) is 12.3 Å². The maximum Gasteiger partial charge on any atom is 0.181 e. The molecule has 4 nitrogen and oxygen atoms in total. The summed E-state index contributed by atoms with van der Waals surface area (Å²) in [5, 5.41) is 7.43. The van der Waals surface area contributed by atoms with E-state index in [2.05, 4.69) is 9.97 Å². The average Bonchev–Trinajstić information content (AvgIpc) is 2.60. The van der Waals surface area contributed by atoms with Crippen LogP contribution in [-0.2, 0) is 10.5 Å². The first-order valence-electron chi connectivity index (χ1n) is 5.00. The van der Waals surface area contributed by atoms with Crippen LogP contribution < -0.4 is 0 Å². The summed E-state index contributed by atoms with van der Waals surface area (Å²) in [4.78, 5) is 7.25. The Balaban J connectivity index is 0. The van der Waals surface area contributed by atoms with Crippen LogP contribution in [0.15, 0.2) is 6.33 Å². The summed E-state index contributed by atoms with van der Waals surface area (Å²) in [7, 11) is 0. The number of nitrogens with zero attached hydrogens (tertiary/aromatic N) is 1. The van der Waals surface area contributed by atoms with Crippen molar-refractivity contribution in [1.82, 2.24) is 9.97 Å². The Morgan fingerprint density at radius 1 is 1.53 bits per heavy atom. The van der Waals surface area contributed by atoms with Crippen molar-refractivity contribution in [2.45, 2.75) is 26.0 Å². The number of imidazole rings is 1. The molecule has 0 saturated carbocycles. The van der Waals surface area contributed by atoms with Gasteiger partial charge < -0.3 is 9.72 Å². The minimum Gasteiger partial charge on any atom is -0.481 e. The molecule has 0 amide bonds. The highest BCUT2D eigenvalue weighted by Crippen LogP contribution is 2.13. The Hall–Kier alpha value is -0.390. The summed E-state index contributed by atoms with van der Waals surface area (Å²) in [5.74, 6) is 2.18. The van der Waals surface area contributed by atoms with Gasteiger partial charge in [0.1, 0.15) is 0 Å². The molecule has 0 radical (unpaired) electrons. The fraction of sp³-hybridized carbons (Fsp3) is 0.600. The van der Waals surface area contributed by atoms with Gasteiger partial charge in [-0.15, -0.1) is 24.8 Å². The van der Waals surface area contributed by atoms with Gasteiger partial charge >= 0.3 is 0 Å². The zero-order valence-electron chi connectivity index (χ0n) is 9.99. The predicted molar refractivity (Wildman–Crippen MR) is 78.0 cm³/mol. The molecule has 1 heterocycles. The van der Waals surface area contributed by atoms with Crippen LogP contribution >= 0.6 is 36.6 Å². The van der Waals surface area contributed by atoms with Crippen molar-refractivity contribution in [2.24, 2.45) is 0 Å². The molecule has 0 unspecified atom stereocenters. The van der Waals surface area contributed by atoms with Crippen molar-refractivity contribution in [2.75, 3.05) is 12.4 Å². The molecule has 17 heavy (non-hydrogen) atoms. The van der Waals surface area contributed by atoms with Crippen molar-refractivity contribution < 1.29 is 4.74 Å². The van der Waals surface area contributed by atoms with Crippen molar-refractivity contribution in [1.29, 1.82) is 5.41 Å². The lowest BCUT2D eigenvalue weighted by Gasteiger charge is -2.03. The molecule has 100 valence electrons. The molecule has 0 bridgehead atoms. The second-order valence-corrected chi connectivity index (χ2v) is 4.24. The lowest BCUT2D eigenvalue weighted by molar-refractivity contribution is 0.316. The quantitative estimate of drug-likeness (QED) is 0.482. The molecule has 0 fully saturated rings. The lowest BCUT2D eigenvalue weighted by atomic mass is 10.4. The van der Waals surface area contributed by atoms with Crippen LogP contribution in [0.2, 0.25) is 0 Å². The summed E-state index contributed by atoms with van der Waals surface area (Å²) in [6.07, 6.45) is 2.41. The van der Waals surface area contributed by atoms with Gasteiger partial charge in [0.15, 0.2) is 5.90 Å². The number of H-pyrrole nitrogens is 1. The monoisotopic (exact) mass is 299 g/mol. The molecule has 1 aromatic heterocycles. The van der Waals surface area contributed by atoms with Crippen molar-refractivity contribution in [3.63, 3.8) is 0 Å². The largest absolute Gasteiger partial charge is 0.481 e. The molecule has 0 spiro atoms. The number of aromatic amines is 1. The smallest absolute Gasteiger partial charge is 0.181 e. The standard InChI is InChI=1S/C10H17N3OS.2ClH/c1-3-14-10(11)4-5-15-6-9-8(2)12-7-13-9;;/h7,11H,3-6H2,1-2H3,(H,12,13);2*1H. The Labute approximate surface area is 119 Å². The zero-order valence-corrected chi connectivity index (χ0v) is 12.4. The highest BCUT2D eigenvalue weighted by Gasteiger charge is 2.02. The number of aromatic nitrogens is 2. The van der Waals surface area contributed by atoms with E-state index < -0.39 is 0 Å². The second kappa shape index (κ2) is 10.7. The molecule has 1 rings (SSSR count). The van der Waals surface area contributed by atoms with Gasteiger partial charge in [0, 0.05) is 23.6 Å². The molecular weight excluding hydrogens is 281 g/mol. The van der Waals surface area contributed by atoms with Crippen LogP contribution in [0.5, 0.6) is 0 Å². The van der Waals surface area contributed by atoms with Gasteiger partial charge in [0.25, 0.3) is 0 Å². The van der Waals surface area contributed by atoms with Gasteiger partial charge in [-0.2, -0.15) is 11.8 Å². The van der Waals surface area contributed by atoms with E-state index in [0.29, 0.717) is 18.9 Å². The summed E-state index contributed by atoms with van der Waals surface area (Å²) >= 11 is 1.78. The maximum atomic E-state index is 7.43. The fourth-order valence-corrected chi connectivity index (χ4v) is 2.07. The van der Waals surface area contributed by atoms with E-state index in [1.54, 1.807) is 18.1 Å². The minimum atomic E-state index is 0. The summed E-state index contributed by atoms with van der Waals surface area (Å²) in [6.45, 7) is 4.50. The molecule has 0 atom stereocenters. The Morgan fingerprint density at radius 2 is 2.24 bits per heavy atom. The molecule has 7 heteroatoms. The molecular formula is C10H19Cl2N3OS. The van der Waals surface area contributed by atoms with E-state index in [1.165, 1.54) is 0 Å². The second-order valence-electron chi connectivity index (χ2n) is 3.13. The molecule has 0 aliphatic rings. The summed E-state index contributed by atoms with van der Waals surface area (Å²) in [6, 6.07) is 0. The topological polar surface area (TPSA) is 61.8 Å². The molecule has 0 aliphatic carbocycles. The number of halogens is 2. The first-order valence-corrected chi connectivity index (χ1v) is 6.16. The maximum absolute atomic E-state index is 7.43. The van der Waals surface area contributed by atoms with Gasteiger partial charge in [0.2, 0.25) is 0 Å². The minimum absolute atomic E-state index is 0. The van der Waals surface area contributed by atoms with E-state index in [0.717, 1.165) is 22.9 Å². The van der Waals surface area contributed by atoms with Gasteiger partial charge in [-0.1, -0.05) is 0 Å². The third-order valence-electron chi connectivity index (χ3n) is 1.97. The number of hydrogen-bond acceptors (Lipinski definition) is 4. The van der Waals surface area contributed by atoms with E-state index in [9.17, 15) is 0 Å². The summed E-state index contributed by atoms with van der Waals surface area (Å²) < 4.78 is 5.05. The Bertz CT molecular complexity index is 320. The molecule has 2 N–H and O–H groups in total. The first kappa shape index (κ1) is 19.0. The van der Waals surface area contributed by atoms with Gasteiger partial charge in [-0.05, 0) is 13.8 Å². The Morgan fingerprint density at radius 3 is 2.76 bits per heavy atom. The van der Waals surface area contributed by atoms with Crippen LogP contribution in [0.25, 0.3) is 0 Å². The number of hydrogen-bond donors (Lipinski definition) is 2. The fourth-order valence-electron chi connectivity index (χ4n) is 1.11. The van der Waals surface area contributed by atoms with Gasteiger partial charge in [-0.3, -0.25) is 5.41 Å². The van der Waals surface area contributed by atoms with Crippen LogP contribution in [-0.4, -0.2) is 28.2 Å². The molecule has 0 aromatic carbocycles. The van der Waals surface area contributed by atoms with E-state index in [-0.39, 0.29) is 24.8 Å². The number of ether oxygens (including phenoxy) is 1. The third-order valence-corrected chi connectivity index (χ3v) is 2.94.